The van der Waals surface area contributed by atoms with E-state index in [0.29, 0.717) is 27.2 Å². The highest BCUT2D eigenvalue weighted by molar-refractivity contribution is 6.41. The molecular formula is C20H19Cl2N3O2. The molecule has 2 aliphatic rings. The molecule has 1 amide bonds. The van der Waals surface area contributed by atoms with Crippen LogP contribution in [0.4, 0.5) is 0 Å². The number of allylic oxidation sites excluding steroid dienone is 2. The van der Waals surface area contributed by atoms with Gasteiger partial charge in [-0.05, 0) is 50.3 Å². The zero-order valence-corrected chi connectivity index (χ0v) is 16.4. The molecule has 0 radical (unpaired) electrons. The fraction of sp³-hybridized carbons (Fsp3) is 0.250. The summed E-state index contributed by atoms with van der Waals surface area (Å²) >= 11 is 12.6. The molecule has 0 saturated carbocycles. The monoisotopic (exact) mass is 403 g/mol. The lowest BCUT2D eigenvalue weighted by Gasteiger charge is -2.25. The predicted molar refractivity (Wildman–Crippen MR) is 110 cm³/mol. The van der Waals surface area contributed by atoms with E-state index in [0.717, 1.165) is 19.3 Å². The van der Waals surface area contributed by atoms with Crippen molar-refractivity contribution in [3.8, 4) is 0 Å². The first-order chi connectivity index (χ1) is 13.0. The van der Waals surface area contributed by atoms with E-state index in [9.17, 15) is 4.79 Å². The molecule has 5 nitrogen and oxygen atoms in total. The van der Waals surface area contributed by atoms with E-state index in [2.05, 4.69) is 22.9 Å². The zero-order chi connectivity index (χ0) is 19.4. The average Bonchev–Trinajstić information content (AvgIpc) is 2.66. The van der Waals surface area contributed by atoms with Crippen molar-refractivity contribution in [1.82, 2.24) is 5.01 Å². The second-order valence-electron chi connectivity index (χ2n) is 6.13. The molecule has 1 aromatic carbocycles. The maximum Gasteiger partial charge on any atom is 0.279 e. The highest BCUT2D eigenvalue weighted by Crippen LogP contribution is 2.35. The topological polar surface area (TPSA) is 54.3 Å². The number of benzene rings is 1. The normalized spacial score (nSPS) is 20.9. The van der Waals surface area contributed by atoms with E-state index in [1.807, 2.05) is 6.08 Å². The van der Waals surface area contributed by atoms with Gasteiger partial charge in [0.25, 0.3) is 5.91 Å². The number of halogens is 2. The summed E-state index contributed by atoms with van der Waals surface area (Å²) in [6, 6.07) is 5.05. The minimum Gasteiger partial charge on any atom is -0.469 e. The molecule has 3 rings (SSSR count). The summed E-state index contributed by atoms with van der Waals surface area (Å²) in [6.07, 6.45) is 10.8. The SMILES string of the molecule is C=NC(=O)/C(=C1/C=CC(OC2C=CCCC2)=NN1C)c1c(Cl)cccc1Cl. The van der Waals surface area contributed by atoms with Crippen molar-refractivity contribution in [2.24, 2.45) is 10.1 Å². The largest absolute Gasteiger partial charge is 0.469 e. The van der Waals surface area contributed by atoms with Gasteiger partial charge in [-0.3, -0.25) is 9.80 Å². The fourth-order valence-corrected chi connectivity index (χ4v) is 3.58. The van der Waals surface area contributed by atoms with Crippen LogP contribution in [0.2, 0.25) is 10.0 Å². The van der Waals surface area contributed by atoms with Crippen molar-refractivity contribution in [2.45, 2.75) is 25.4 Å². The number of aliphatic imine (C=N–C) groups is 1. The van der Waals surface area contributed by atoms with Crippen LogP contribution < -0.4 is 0 Å². The number of hydrogen-bond donors (Lipinski definition) is 0. The summed E-state index contributed by atoms with van der Waals surface area (Å²) < 4.78 is 5.91. The van der Waals surface area contributed by atoms with Gasteiger partial charge >= 0.3 is 0 Å². The molecule has 0 N–H and O–H groups in total. The van der Waals surface area contributed by atoms with E-state index in [4.69, 9.17) is 27.9 Å². The Morgan fingerprint density at radius 1 is 1.33 bits per heavy atom. The van der Waals surface area contributed by atoms with Crippen molar-refractivity contribution in [3.05, 3.63) is 63.8 Å². The summed E-state index contributed by atoms with van der Waals surface area (Å²) in [5, 5.41) is 6.68. The highest BCUT2D eigenvalue weighted by atomic mass is 35.5. The van der Waals surface area contributed by atoms with Crippen LogP contribution in [0.15, 0.2) is 58.3 Å². The Balaban J connectivity index is 1.98. The predicted octanol–water partition coefficient (Wildman–Crippen LogP) is 4.87. The molecule has 0 spiro atoms. The first-order valence-corrected chi connectivity index (χ1v) is 9.30. The number of hydrogen-bond acceptors (Lipinski definition) is 4. The Morgan fingerprint density at radius 3 is 2.67 bits per heavy atom. The summed E-state index contributed by atoms with van der Waals surface area (Å²) in [5.41, 5.74) is 1.15. The zero-order valence-electron chi connectivity index (χ0n) is 14.9. The number of likely N-dealkylation sites (N-methyl/N-ethyl adjacent to an activating group) is 1. The molecule has 1 heterocycles. The van der Waals surface area contributed by atoms with Gasteiger partial charge in [-0.2, -0.15) is 0 Å². The summed E-state index contributed by atoms with van der Waals surface area (Å²) in [7, 11) is 1.72. The Hall–Kier alpha value is -2.37. The first-order valence-electron chi connectivity index (χ1n) is 8.54. The molecule has 1 unspecified atom stereocenters. The van der Waals surface area contributed by atoms with Crippen molar-refractivity contribution in [3.63, 3.8) is 0 Å². The lowest BCUT2D eigenvalue weighted by Crippen LogP contribution is -2.24. The van der Waals surface area contributed by atoms with Crippen LogP contribution in [-0.2, 0) is 9.53 Å². The van der Waals surface area contributed by atoms with E-state index >= 15 is 0 Å². The van der Waals surface area contributed by atoms with Crippen LogP contribution in [-0.4, -0.2) is 36.7 Å². The van der Waals surface area contributed by atoms with Crippen LogP contribution in [0.3, 0.4) is 0 Å². The Bertz CT molecular complexity index is 867. The van der Waals surface area contributed by atoms with Gasteiger partial charge in [0.05, 0.1) is 21.3 Å². The van der Waals surface area contributed by atoms with Crippen molar-refractivity contribution < 1.29 is 9.53 Å². The van der Waals surface area contributed by atoms with Gasteiger partial charge in [0, 0.05) is 18.7 Å². The van der Waals surface area contributed by atoms with Crippen LogP contribution in [0.25, 0.3) is 5.57 Å². The molecule has 1 atom stereocenters. The molecule has 0 bridgehead atoms. The smallest absolute Gasteiger partial charge is 0.279 e. The molecule has 0 fully saturated rings. The van der Waals surface area contributed by atoms with Gasteiger partial charge in [0.1, 0.15) is 6.10 Å². The summed E-state index contributed by atoms with van der Waals surface area (Å²) in [6.45, 7) is 3.35. The standard InChI is InChI=1S/C20H19Cl2N3O2/c1-23-20(26)19(18-14(21)9-6-10-15(18)22)16-11-12-17(24-25(16)2)27-13-7-4-3-5-8-13/h4,6-7,9-13H,1,3,5,8H2,2H3/b19-16-. The lowest BCUT2D eigenvalue weighted by atomic mass is 10.0. The third kappa shape index (κ3) is 4.31. The van der Waals surface area contributed by atoms with Crippen molar-refractivity contribution >= 4 is 47.3 Å². The minimum atomic E-state index is -0.536. The summed E-state index contributed by atoms with van der Waals surface area (Å²) in [5.74, 6) is -0.0623. The molecule has 0 saturated heterocycles. The summed E-state index contributed by atoms with van der Waals surface area (Å²) in [4.78, 5) is 16.1. The number of hydrazone groups is 1. The van der Waals surface area contributed by atoms with Crippen molar-refractivity contribution in [1.29, 1.82) is 0 Å². The van der Waals surface area contributed by atoms with E-state index in [1.165, 1.54) is 0 Å². The minimum absolute atomic E-state index is 0.00929. The Labute approximate surface area is 168 Å². The molecule has 0 aromatic heterocycles. The van der Waals surface area contributed by atoms with Crippen LogP contribution >= 0.6 is 23.2 Å². The number of nitrogens with zero attached hydrogens (tertiary/aromatic N) is 3. The molecular weight excluding hydrogens is 385 g/mol. The average molecular weight is 404 g/mol. The highest BCUT2D eigenvalue weighted by Gasteiger charge is 2.25. The molecule has 1 aliphatic heterocycles. The molecule has 7 heteroatoms. The molecule has 1 aliphatic carbocycles. The number of carbonyl (C=O) groups is 1. The van der Waals surface area contributed by atoms with Gasteiger partial charge in [-0.15, -0.1) is 5.10 Å². The second-order valence-corrected chi connectivity index (χ2v) is 6.95. The molecule has 27 heavy (non-hydrogen) atoms. The maximum absolute atomic E-state index is 12.5. The van der Waals surface area contributed by atoms with E-state index in [1.54, 1.807) is 42.4 Å². The molecule has 1 aromatic rings. The van der Waals surface area contributed by atoms with E-state index in [-0.39, 0.29) is 11.7 Å². The third-order valence-electron chi connectivity index (χ3n) is 4.29. The number of amides is 1. The fourth-order valence-electron chi connectivity index (χ4n) is 3.00. The second kappa shape index (κ2) is 8.55. The third-order valence-corrected chi connectivity index (χ3v) is 4.92. The van der Waals surface area contributed by atoms with E-state index < -0.39 is 5.91 Å². The van der Waals surface area contributed by atoms with Crippen molar-refractivity contribution in [2.75, 3.05) is 7.05 Å². The van der Waals surface area contributed by atoms with Gasteiger partial charge in [0.2, 0.25) is 5.90 Å². The van der Waals surface area contributed by atoms with Gasteiger partial charge in [0.15, 0.2) is 0 Å². The number of rotatable bonds is 3. The number of carbonyl (C=O) groups excluding carboxylic acids is 1. The number of ether oxygens (including phenoxy) is 1. The Morgan fingerprint density at radius 2 is 2.07 bits per heavy atom. The van der Waals surface area contributed by atoms with Crippen LogP contribution in [0.1, 0.15) is 24.8 Å². The quantitative estimate of drug-likeness (QED) is 0.410. The lowest BCUT2D eigenvalue weighted by molar-refractivity contribution is -0.112. The maximum atomic E-state index is 12.5. The van der Waals surface area contributed by atoms with Gasteiger partial charge in [-0.1, -0.05) is 35.3 Å². The van der Waals surface area contributed by atoms with Crippen LogP contribution in [0, 0.1) is 0 Å². The van der Waals surface area contributed by atoms with Crippen LogP contribution in [0.5, 0.6) is 0 Å². The molecule has 140 valence electrons. The van der Waals surface area contributed by atoms with Gasteiger partial charge in [-0.25, -0.2) is 4.99 Å². The first kappa shape index (κ1) is 19.4. The van der Waals surface area contributed by atoms with Gasteiger partial charge < -0.3 is 4.74 Å². The Kier molecular flexibility index (Phi) is 6.14.